The number of benzene rings is 2. The Hall–Kier alpha value is -1.94. The summed E-state index contributed by atoms with van der Waals surface area (Å²) in [5.41, 5.74) is 2.99. The van der Waals surface area contributed by atoms with Gasteiger partial charge in [-0.15, -0.1) is 0 Å². The summed E-state index contributed by atoms with van der Waals surface area (Å²) >= 11 is 5.81. The van der Waals surface area contributed by atoms with E-state index in [-0.39, 0.29) is 16.6 Å². The summed E-state index contributed by atoms with van der Waals surface area (Å²) in [6.45, 7) is 5.74. The normalized spacial score (nSPS) is 12.1. The molecule has 2 aromatic carbocycles. The lowest BCUT2D eigenvalue weighted by Gasteiger charge is -2.18. The molecule has 1 amide bonds. The summed E-state index contributed by atoms with van der Waals surface area (Å²) < 4.78 is 26.3. The maximum Gasteiger partial charge on any atom is 0.253 e. The molecular weight excluding hydrogens is 308 g/mol. The highest BCUT2D eigenvalue weighted by Gasteiger charge is 2.18. The molecule has 1 atom stereocenters. The average molecular weight is 324 g/mol. The van der Waals surface area contributed by atoms with Crippen LogP contribution in [0.5, 0.6) is 0 Å². The van der Waals surface area contributed by atoms with Crippen LogP contribution < -0.4 is 5.32 Å². The molecule has 2 aromatic rings. The van der Waals surface area contributed by atoms with Crippen LogP contribution in [0, 0.1) is 25.5 Å². The highest BCUT2D eigenvalue weighted by atomic mass is 35.5. The van der Waals surface area contributed by atoms with Crippen molar-refractivity contribution < 1.29 is 13.6 Å². The highest BCUT2D eigenvalue weighted by molar-refractivity contribution is 6.33. The van der Waals surface area contributed by atoms with Gasteiger partial charge in [-0.05, 0) is 44.0 Å². The van der Waals surface area contributed by atoms with Crippen LogP contribution in [0.4, 0.5) is 8.78 Å². The number of carbonyl (C=O) groups is 1. The van der Waals surface area contributed by atoms with Gasteiger partial charge in [-0.3, -0.25) is 4.79 Å². The third kappa shape index (κ3) is 3.45. The van der Waals surface area contributed by atoms with Gasteiger partial charge in [0.05, 0.1) is 16.6 Å². The topological polar surface area (TPSA) is 29.1 Å². The Morgan fingerprint density at radius 1 is 1.14 bits per heavy atom. The molecule has 0 spiro atoms. The minimum atomic E-state index is -1.10. The monoisotopic (exact) mass is 323 g/mol. The van der Waals surface area contributed by atoms with E-state index in [4.69, 9.17) is 11.6 Å². The number of hydrogen-bond donors (Lipinski definition) is 1. The van der Waals surface area contributed by atoms with E-state index in [1.54, 1.807) is 0 Å². The molecule has 0 aromatic heterocycles. The molecule has 5 heteroatoms. The Morgan fingerprint density at radius 2 is 1.77 bits per heavy atom. The van der Waals surface area contributed by atoms with Crippen molar-refractivity contribution in [2.75, 3.05) is 0 Å². The molecule has 22 heavy (non-hydrogen) atoms. The number of carbonyl (C=O) groups excluding carboxylic acids is 1. The molecule has 0 fully saturated rings. The molecule has 0 aliphatic rings. The molecule has 0 saturated heterocycles. The fourth-order valence-electron chi connectivity index (χ4n) is 2.28. The lowest BCUT2D eigenvalue weighted by Crippen LogP contribution is -2.27. The first-order valence-corrected chi connectivity index (χ1v) is 7.20. The fraction of sp³-hybridized carbons (Fsp3) is 0.235. The van der Waals surface area contributed by atoms with Crippen LogP contribution in [-0.4, -0.2) is 5.91 Å². The highest BCUT2D eigenvalue weighted by Crippen LogP contribution is 2.23. The standard InChI is InChI=1S/C17H16ClF2NO/c1-9-4-5-10(2)12(6-9)11(3)21-17(22)13-7-15(19)16(20)8-14(13)18/h4-8,11H,1-3H3,(H,21,22). The summed E-state index contributed by atoms with van der Waals surface area (Å²) in [4.78, 5) is 12.2. The van der Waals surface area contributed by atoms with Crippen molar-refractivity contribution in [3.05, 3.63) is 69.2 Å². The summed E-state index contributed by atoms with van der Waals surface area (Å²) in [7, 11) is 0. The van der Waals surface area contributed by atoms with E-state index in [0.29, 0.717) is 0 Å². The zero-order valence-corrected chi connectivity index (χ0v) is 13.3. The number of hydrogen-bond acceptors (Lipinski definition) is 1. The average Bonchev–Trinajstić information content (AvgIpc) is 2.45. The molecule has 0 bridgehead atoms. The first-order valence-electron chi connectivity index (χ1n) is 6.82. The van der Waals surface area contributed by atoms with Crippen LogP contribution in [0.2, 0.25) is 5.02 Å². The second kappa shape index (κ2) is 6.44. The van der Waals surface area contributed by atoms with E-state index in [0.717, 1.165) is 28.8 Å². The molecule has 2 nitrogen and oxygen atoms in total. The summed E-state index contributed by atoms with van der Waals surface area (Å²) in [6.07, 6.45) is 0. The van der Waals surface area contributed by atoms with Crippen molar-refractivity contribution in [2.45, 2.75) is 26.8 Å². The zero-order valence-electron chi connectivity index (χ0n) is 12.5. The molecule has 2 rings (SSSR count). The van der Waals surface area contributed by atoms with Gasteiger partial charge in [0.2, 0.25) is 0 Å². The van der Waals surface area contributed by atoms with Crippen molar-refractivity contribution in [3.8, 4) is 0 Å². The van der Waals surface area contributed by atoms with Crippen LogP contribution in [0.15, 0.2) is 30.3 Å². The Kier molecular flexibility index (Phi) is 4.81. The third-order valence-corrected chi connectivity index (χ3v) is 3.82. The molecule has 0 heterocycles. The van der Waals surface area contributed by atoms with Crippen molar-refractivity contribution >= 4 is 17.5 Å². The molecular formula is C17H16ClF2NO. The molecule has 0 radical (unpaired) electrons. The van der Waals surface area contributed by atoms with Gasteiger partial charge in [0.25, 0.3) is 5.91 Å². The molecule has 0 aliphatic carbocycles. The van der Waals surface area contributed by atoms with Crippen LogP contribution in [-0.2, 0) is 0 Å². The second-order valence-electron chi connectivity index (χ2n) is 5.30. The Bertz CT molecular complexity index is 731. The van der Waals surface area contributed by atoms with Crippen molar-refractivity contribution in [1.29, 1.82) is 0 Å². The van der Waals surface area contributed by atoms with Gasteiger partial charge < -0.3 is 5.32 Å². The summed E-state index contributed by atoms with van der Waals surface area (Å²) in [5, 5.41) is 2.63. The van der Waals surface area contributed by atoms with Crippen LogP contribution in [0.25, 0.3) is 0 Å². The molecule has 0 saturated carbocycles. The minimum Gasteiger partial charge on any atom is -0.345 e. The second-order valence-corrected chi connectivity index (χ2v) is 5.71. The quantitative estimate of drug-likeness (QED) is 0.813. The predicted molar refractivity (Wildman–Crippen MR) is 83.2 cm³/mol. The van der Waals surface area contributed by atoms with E-state index in [1.165, 1.54) is 0 Å². The largest absolute Gasteiger partial charge is 0.345 e. The first kappa shape index (κ1) is 16.4. The summed E-state index contributed by atoms with van der Waals surface area (Å²) in [5.74, 6) is -2.73. The molecule has 0 aliphatic heterocycles. The smallest absolute Gasteiger partial charge is 0.253 e. The number of rotatable bonds is 3. The Labute approximate surface area is 133 Å². The van der Waals surface area contributed by atoms with Gasteiger partial charge >= 0.3 is 0 Å². The Morgan fingerprint density at radius 3 is 2.45 bits per heavy atom. The van der Waals surface area contributed by atoms with Crippen LogP contribution in [0.3, 0.4) is 0 Å². The minimum absolute atomic E-state index is 0.0854. The van der Waals surface area contributed by atoms with E-state index < -0.39 is 17.5 Å². The fourth-order valence-corrected chi connectivity index (χ4v) is 2.51. The van der Waals surface area contributed by atoms with Crippen molar-refractivity contribution in [3.63, 3.8) is 0 Å². The van der Waals surface area contributed by atoms with Gasteiger partial charge in [0, 0.05) is 0 Å². The maximum absolute atomic E-state index is 13.3. The van der Waals surface area contributed by atoms with Gasteiger partial charge in [0.1, 0.15) is 0 Å². The lowest BCUT2D eigenvalue weighted by atomic mass is 9.99. The van der Waals surface area contributed by atoms with Crippen molar-refractivity contribution in [1.82, 2.24) is 5.32 Å². The van der Waals surface area contributed by atoms with Gasteiger partial charge in [0.15, 0.2) is 11.6 Å². The predicted octanol–water partition coefficient (Wildman–Crippen LogP) is 4.73. The SMILES string of the molecule is Cc1ccc(C)c(C(C)NC(=O)c2cc(F)c(F)cc2Cl)c1. The summed E-state index contributed by atoms with van der Waals surface area (Å²) in [6, 6.07) is 7.26. The molecule has 1 N–H and O–H groups in total. The molecule has 1 unspecified atom stereocenters. The van der Waals surface area contributed by atoms with E-state index in [1.807, 2.05) is 39.0 Å². The number of amides is 1. The zero-order chi connectivity index (χ0) is 16.4. The van der Waals surface area contributed by atoms with E-state index >= 15 is 0 Å². The van der Waals surface area contributed by atoms with Gasteiger partial charge in [-0.2, -0.15) is 0 Å². The number of halogens is 3. The van der Waals surface area contributed by atoms with Gasteiger partial charge in [-0.25, -0.2) is 8.78 Å². The maximum atomic E-state index is 13.3. The van der Waals surface area contributed by atoms with Gasteiger partial charge in [-0.1, -0.05) is 35.4 Å². The number of nitrogens with one attached hydrogen (secondary N) is 1. The Balaban J connectivity index is 2.25. The van der Waals surface area contributed by atoms with E-state index in [2.05, 4.69) is 5.32 Å². The molecule has 116 valence electrons. The van der Waals surface area contributed by atoms with Crippen LogP contribution in [0.1, 0.15) is 40.0 Å². The van der Waals surface area contributed by atoms with E-state index in [9.17, 15) is 13.6 Å². The number of aryl methyl sites for hydroxylation is 2. The lowest BCUT2D eigenvalue weighted by molar-refractivity contribution is 0.0939. The first-order chi connectivity index (χ1) is 10.3. The third-order valence-electron chi connectivity index (χ3n) is 3.50. The van der Waals surface area contributed by atoms with Crippen molar-refractivity contribution in [2.24, 2.45) is 0 Å². The van der Waals surface area contributed by atoms with Crippen LogP contribution >= 0.6 is 11.6 Å².